The van der Waals surface area contributed by atoms with Gasteiger partial charge in [-0.2, -0.15) is 18.3 Å². The van der Waals surface area contributed by atoms with Crippen molar-refractivity contribution >= 4 is 5.82 Å². The molecule has 196 valence electrons. The lowest BCUT2D eigenvalue weighted by atomic mass is 9.76. The first kappa shape index (κ1) is 23.2. The average Bonchev–Trinajstić information content (AvgIpc) is 3.58. The zero-order valence-electron chi connectivity index (χ0n) is 21.1. The number of aryl methyl sites for hydroxylation is 2. The number of aromatic nitrogens is 7. The second kappa shape index (κ2) is 8.02. The number of ether oxygens (including phenoxy) is 1. The molecule has 38 heavy (non-hydrogen) atoms. The molecular weight excluding hydrogens is 497 g/mol. The highest BCUT2D eigenvalue weighted by Gasteiger charge is 2.49. The minimum absolute atomic E-state index is 0.0766. The van der Waals surface area contributed by atoms with Crippen molar-refractivity contribution in [2.24, 2.45) is 14.1 Å². The summed E-state index contributed by atoms with van der Waals surface area (Å²) in [6.45, 7) is 0. The summed E-state index contributed by atoms with van der Waals surface area (Å²) < 4.78 is 48.4. The summed E-state index contributed by atoms with van der Waals surface area (Å²) in [7, 11) is 5.14. The number of imidazole rings is 1. The SMILES string of the molecule is COc1ncnc(C2CC2)c1-c1nn(C)c2c1C1CC(C2)N1c1ccc(-c2nc(C(F)(F)F)cn2C)cn1. The second-order valence-electron chi connectivity index (χ2n) is 10.2. The van der Waals surface area contributed by atoms with Crippen LogP contribution in [-0.4, -0.2) is 47.4 Å². The Kier molecular flexibility index (Phi) is 4.89. The normalized spacial score (nSPS) is 20.3. The number of rotatable bonds is 5. The minimum atomic E-state index is -4.50. The number of alkyl halides is 3. The molecule has 0 aromatic carbocycles. The van der Waals surface area contributed by atoms with Crippen LogP contribution in [0.15, 0.2) is 30.9 Å². The van der Waals surface area contributed by atoms with Gasteiger partial charge in [0.15, 0.2) is 5.69 Å². The molecule has 2 atom stereocenters. The van der Waals surface area contributed by atoms with Crippen molar-refractivity contribution < 1.29 is 17.9 Å². The van der Waals surface area contributed by atoms with E-state index >= 15 is 0 Å². The van der Waals surface area contributed by atoms with Gasteiger partial charge in [-0.1, -0.05) is 0 Å². The molecule has 7 rings (SSSR count). The van der Waals surface area contributed by atoms with Gasteiger partial charge in [0.05, 0.1) is 24.4 Å². The van der Waals surface area contributed by atoms with E-state index in [4.69, 9.17) is 9.84 Å². The molecule has 0 spiro atoms. The first-order valence-electron chi connectivity index (χ1n) is 12.5. The van der Waals surface area contributed by atoms with Crippen molar-refractivity contribution in [1.82, 2.24) is 34.3 Å². The van der Waals surface area contributed by atoms with E-state index in [1.165, 1.54) is 10.3 Å². The van der Waals surface area contributed by atoms with Crippen LogP contribution in [0.3, 0.4) is 0 Å². The quantitative estimate of drug-likeness (QED) is 0.383. The number of hydrogen-bond donors (Lipinski definition) is 0. The second-order valence-corrected chi connectivity index (χ2v) is 10.2. The fourth-order valence-corrected chi connectivity index (χ4v) is 5.93. The van der Waals surface area contributed by atoms with E-state index in [1.54, 1.807) is 32.7 Å². The molecule has 4 aromatic heterocycles. The average molecular weight is 523 g/mol. The maximum atomic E-state index is 13.1. The van der Waals surface area contributed by atoms with E-state index in [9.17, 15) is 13.2 Å². The number of hydrogen-bond acceptors (Lipinski definition) is 7. The number of anilines is 1. The van der Waals surface area contributed by atoms with Gasteiger partial charge < -0.3 is 14.2 Å². The molecule has 0 N–H and O–H groups in total. The number of nitrogens with zero attached hydrogens (tertiary/aromatic N) is 8. The number of halogens is 3. The van der Waals surface area contributed by atoms with E-state index in [-0.39, 0.29) is 17.9 Å². The Morgan fingerprint density at radius 3 is 2.55 bits per heavy atom. The summed E-state index contributed by atoms with van der Waals surface area (Å²) in [4.78, 5) is 19.7. The predicted octanol–water partition coefficient (Wildman–Crippen LogP) is 4.45. The summed E-state index contributed by atoms with van der Waals surface area (Å²) in [5.74, 6) is 1.93. The van der Waals surface area contributed by atoms with E-state index < -0.39 is 11.9 Å². The van der Waals surface area contributed by atoms with Crippen molar-refractivity contribution in [2.45, 2.75) is 49.9 Å². The van der Waals surface area contributed by atoms with Gasteiger partial charge in [-0.25, -0.2) is 19.9 Å². The standard InChI is InChI=1S/C26H25F3N8O/c1-35-11-18(26(27,28)29)33-24(35)14-6-7-19(30-10-14)37-15-8-16-20(17(37)9-15)23(34-36(16)2)21-22(13-4-5-13)31-12-32-25(21)38-3/h6-7,10-13,15,17H,4-5,8-9H2,1-3H3. The van der Waals surface area contributed by atoms with Crippen LogP contribution in [0.4, 0.5) is 19.0 Å². The first-order chi connectivity index (χ1) is 18.2. The van der Waals surface area contributed by atoms with Crippen LogP contribution in [-0.2, 0) is 26.7 Å². The lowest BCUT2D eigenvalue weighted by Gasteiger charge is -2.53. The molecule has 2 bridgehead atoms. The molecule has 2 unspecified atom stereocenters. The van der Waals surface area contributed by atoms with Crippen LogP contribution in [0.5, 0.6) is 5.88 Å². The molecule has 1 saturated carbocycles. The van der Waals surface area contributed by atoms with Crippen molar-refractivity contribution in [3.63, 3.8) is 0 Å². The van der Waals surface area contributed by atoms with Gasteiger partial charge in [-0.3, -0.25) is 4.68 Å². The molecule has 4 aromatic rings. The molecular formula is C26H25F3N8O. The Morgan fingerprint density at radius 1 is 1.08 bits per heavy atom. The fraction of sp³-hybridized carbons (Fsp3) is 0.423. The molecule has 1 aliphatic heterocycles. The highest BCUT2D eigenvalue weighted by molar-refractivity contribution is 5.75. The lowest BCUT2D eigenvalue weighted by Crippen LogP contribution is -2.55. The monoisotopic (exact) mass is 522 g/mol. The van der Waals surface area contributed by atoms with Gasteiger partial charge in [0.2, 0.25) is 5.88 Å². The summed E-state index contributed by atoms with van der Waals surface area (Å²) in [6, 6.07) is 3.99. The predicted molar refractivity (Wildman–Crippen MR) is 132 cm³/mol. The van der Waals surface area contributed by atoms with E-state index in [2.05, 4.69) is 24.8 Å². The Hall–Kier alpha value is -3.96. The van der Waals surface area contributed by atoms with Crippen molar-refractivity contribution in [2.75, 3.05) is 12.0 Å². The van der Waals surface area contributed by atoms with Gasteiger partial charge in [0.1, 0.15) is 23.7 Å². The van der Waals surface area contributed by atoms with Gasteiger partial charge in [0, 0.05) is 61.7 Å². The van der Waals surface area contributed by atoms with Gasteiger partial charge in [0.25, 0.3) is 0 Å². The van der Waals surface area contributed by atoms with Crippen LogP contribution in [0, 0.1) is 0 Å². The van der Waals surface area contributed by atoms with E-state index in [0.717, 1.165) is 60.2 Å². The third-order valence-electron chi connectivity index (χ3n) is 7.87. The maximum Gasteiger partial charge on any atom is 0.434 e. The third kappa shape index (κ3) is 3.42. The van der Waals surface area contributed by atoms with Gasteiger partial charge >= 0.3 is 6.18 Å². The molecule has 12 heteroatoms. The molecule has 9 nitrogen and oxygen atoms in total. The summed E-state index contributed by atoms with van der Waals surface area (Å²) >= 11 is 0. The number of methoxy groups -OCH3 is 1. The fourth-order valence-electron chi connectivity index (χ4n) is 5.93. The third-order valence-corrected chi connectivity index (χ3v) is 7.87. The van der Waals surface area contributed by atoms with Crippen molar-refractivity contribution in [1.29, 1.82) is 0 Å². The Bertz CT molecular complexity index is 1550. The van der Waals surface area contributed by atoms with Crippen molar-refractivity contribution in [3.8, 4) is 28.5 Å². The van der Waals surface area contributed by atoms with E-state index in [0.29, 0.717) is 17.4 Å². The highest BCUT2D eigenvalue weighted by atomic mass is 19.4. The van der Waals surface area contributed by atoms with Gasteiger partial charge in [-0.15, -0.1) is 0 Å². The van der Waals surface area contributed by atoms with Crippen LogP contribution >= 0.6 is 0 Å². The van der Waals surface area contributed by atoms with Crippen LogP contribution in [0.1, 0.15) is 53.9 Å². The summed E-state index contributed by atoms with van der Waals surface area (Å²) in [5.41, 5.74) is 4.67. The largest absolute Gasteiger partial charge is 0.480 e. The van der Waals surface area contributed by atoms with Crippen LogP contribution < -0.4 is 9.64 Å². The minimum Gasteiger partial charge on any atom is -0.480 e. The Morgan fingerprint density at radius 2 is 1.89 bits per heavy atom. The molecule has 0 radical (unpaired) electrons. The van der Waals surface area contributed by atoms with Crippen LogP contribution in [0.2, 0.25) is 0 Å². The van der Waals surface area contributed by atoms with Crippen molar-refractivity contribution in [3.05, 3.63) is 53.5 Å². The Balaban J connectivity index is 1.25. The number of fused-ring (bicyclic) bond motifs is 4. The molecule has 5 heterocycles. The molecule has 1 saturated heterocycles. The molecule has 0 amide bonds. The highest BCUT2D eigenvalue weighted by Crippen LogP contribution is 2.54. The summed E-state index contributed by atoms with van der Waals surface area (Å²) in [6.07, 6.45) is 3.63. The van der Waals surface area contributed by atoms with E-state index in [1.807, 2.05) is 17.8 Å². The smallest absolute Gasteiger partial charge is 0.434 e. The molecule has 2 fully saturated rings. The lowest BCUT2D eigenvalue weighted by molar-refractivity contribution is -0.140. The zero-order chi connectivity index (χ0) is 26.3. The molecule has 2 aliphatic carbocycles. The maximum absolute atomic E-state index is 13.1. The summed E-state index contributed by atoms with van der Waals surface area (Å²) in [5, 5.41) is 4.94. The first-order valence-corrected chi connectivity index (χ1v) is 12.5. The van der Waals surface area contributed by atoms with Crippen LogP contribution in [0.25, 0.3) is 22.6 Å². The molecule has 3 aliphatic rings. The van der Waals surface area contributed by atoms with Gasteiger partial charge in [-0.05, 0) is 31.4 Å². The Labute approximate surface area is 216 Å². The zero-order valence-corrected chi connectivity index (χ0v) is 21.1. The number of pyridine rings is 1. The topological polar surface area (TPSA) is 86.8 Å².